The summed E-state index contributed by atoms with van der Waals surface area (Å²) in [5, 5.41) is 2.92. The lowest BCUT2D eigenvalue weighted by molar-refractivity contribution is 0.187. The van der Waals surface area contributed by atoms with Crippen LogP contribution in [0.2, 0.25) is 0 Å². The predicted molar refractivity (Wildman–Crippen MR) is 120 cm³/mol. The molecule has 1 N–H and O–H groups in total. The van der Waals surface area contributed by atoms with Gasteiger partial charge in [0.1, 0.15) is 0 Å². The standard InChI is InChI=1S/C26H26N2O2/c1-30-26(29)27-20-16-23-21(18-8-4-2-5-9-18)12-14-28-15-13-22(24(17-20)25(23)28)19-10-6-3-7-11-19/h2-11,16-17,21-22H,12-15H2,1H3,(H,27,29). The van der Waals surface area contributed by atoms with E-state index in [1.165, 1.54) is 35.1 Å². The van der Waals surface area contributed by atoms with Gasteiger partial charge in [-0.3, -0.25) is 5.32 Å². The van der Waals surface area contributed by atoms with Gasteiger partial charge in [0.25, 0.3) is 0 Å². The molecule has 0 bridgehead atoms. The molecule has 0 aromatic heterocycles. The number of benzene rings is 3. The topological polar surface area (TPSA) is 41.6 Å². The third-order valence-corrected chi connectivity index (χ3v) is 6.45. The van der Waals surface area contributed by atoms with E-state index in [4.69, 9.17) is 4.74 Å². The summed E-state index contributed by atoms with van der Waals surface area (Å²) in [6.45, 7) is 2.12. The quantitative estimate of drug-likeness (QED) is 0.611. The van der Waals surface area contributed by atoms with Gasteiger partial charge in [-0.05, 0) is 47.2 Å². The van der Waals surface area contributed by atoms with Crippen molar-refractivity contribution in [3.63, 3.8) is 0 Å². The first-order valence-electron chi connectivity index (χ1n) is 10.6. The average molecular weight is 399 g/mol. The average Bonchev–Trinajstić information content (AvgIpc) is 2.80. The summed E-state index contributed by atoms with van der Waals surface area (Å²) in [6, 6.07) is 25.7. The summed E-state index contributed by atoms with van der Waals surface area (Å²) in [6.07, 6.45) is 1.72. The molecule has 0 saturated carbocycles. The number of amides is 1. The van der Waals surface area contributed by atoms with Gasteiger partial charge < -0.3 is 9.64 Å². The maximum absolute atomic E-state index is 12.0. The lowest BCUT2D eigenvalue weighted by Crippen LogP contribution is -2.37. The zero-order valence-corrected chi connectivity index (χ0v) is 17.2. The van der Waals surface area contributed by atoms with Crippen LogP contribution in [0, 0.1) is 0 Å². The van der Waals surface area contributed by atoms with E-state index in [1.807, 2.05) is 0 Å². The van der Waals surface area contributed by atoms with Gasteiger partial charge in [-0.15, -0.1) is 0 Å². The third kappa shape index (κ3) is 3.32. The Morgan fingerprint density at radius 2 is 1.37 bits per heavy atom. The molecule has 0 radical (unpaired) electrons. The molecule has 3 aromatic rings. The van der Waals surface area contributed by atoms with Crippen LogP contribution in [0.3, 0.4) is 0 Å². The number of carbonyl (C=O) groups excluding carboxylic acids is 1. The third-order valence-electron chi connectivity index (χ3n) is 6.45. The molecule has 3 aromatic carbocycles. The Morgan fingerprint density at radius 1 is 0.867 bits per heavy atom. The number of methoxy groups -OCH3 is 1. The van der Waals surface area contributed by atoms with Crippen LogP contribution >= 0.6 is 0 Å². The second-order valence-electron chi connectivity index (χ2n) is 8.11. The maximum Gasteiger partial charge on any atom is 0.411 e. The van der Waals surface area contributed by atoms with Crippen molar-refractivity contribution in [3.05, 3.63) is 95.1 Å². The Bertz CT molecular complexity index is 977. The molecule has 1 amide bonds. The highest BCUT2D eigenvalue weighted by Gasteiger charge is 2.35. The molecule has 2 aliphatic rings. The van der Waals surface area contributed by atoms with Crippen molar-refractivity contribution < 1.29 is 9.53 Å². The lowest BCUT2D eigenvalue weighted by Gasteiger charge is -2.43. The van der Waals surface area contributed by atoms with Crippen molar-refractivity contribution in [2.75, 3.05) is 30.4 Å². The van der Waals surface area contributed by atoms with Crippen LogP contribution < -0.4 is 10.2 Å². The minimum absolute atomic E-state index is 0.324. The van der Waals surface area contributed by atoms with Crippen LogP contribution in [0.25, 0.3) is 0 Å². The van der Waals surface area contributed by atoms with Crippen LogP contribution in [0.4, 0.5) is 16.2 Å². The maximum atomic E-state index is 12.0. The Labute approximate surface area is 177 Å². The first-order valence-corrected chi connectivity index (χ1v) is 10.6. The molecule has 5 rings (SSSR count). The molecule has 152 valence electrons. The van der Waals surface area contributed by atoms with Crippen molar-refractivity contribution in [2.45, 2.75) is 24.7 Å². The second kappa shape index (κ2) is 7.86. The van der Waals surface area contributed by atoms with E-state index in [1.54, 1.807) is 0 Å². The van der Waals surface area contributed by atoms with Gasteiger partial charge in [-0.25, -0.2) is 4.79 Å². The zero-order chi connectivity index (χ0) is 20.5. The smallest absolute Gasteiger partial charge is 0.411 e. The molecule has 4 heteroatoms. The largest absolute Gasteiger partial charge is 0.453 e. The highest BCUT2D eigenvalue weighted by atomic mass is 16.5. The van der Waals surface area contributed by atoms with E-state index < -0.39 is 6.09 Å². The molecule has 4 nitrogen and oxygen atoms in total. The monoisotopic (exact) mass is 398 g/mol. The fraction of sp³-hybridized carbons (Fsp3) is 0.269. The van der Waals surface area contributed by atoms with Gasteiger partial charge in [0.2, 0.25) is 0 Å². The molecule has 2 heterocycles. The number of anilines is 2. The summed E-state index contributed by atoms with van der Waals surface area (Å²) in [5.41, 5.74) is 7.42. The summed E-state index contributed by atoms with van der Waals surface area (Å²) in [4.78, 5) is 14.5. The lowest BCUT2D eigenvalue weighted by atomic mass is 9.76. The first kappa shape index (κ1) is 18.7. The van der Waals surface area contributed by atoms with Gasteiger partial charge >= 0.3 is 6.09 Å². The van der Waals surface area contributed by atoms with Crippen LogP contribution in [0.1, 0.15) is 46.9 Å². The highest BCUT2D eigenvalue weighted by Crippen LogP contribution is 2.49. The molecule has 0 spiro atoms. The van der Waals surface area contributed by atoms with Crippen molar-refractivity contribution in [2.24, 2.45) is 0 Å². The molecular formula is C26H26N2O2. The molecule has 2 aliphatic heterocycles. The van der Waals surface area contributed by atoms with Crippen LogP contribution in [-0.4, -0.2) is 26.3 Å². The van der Waals surface area contributed by atoms with Crippen LogP contribution in [-0.2, 0) is 4.74 Å². The van der Waals surface area contributed by atoms with Crippen LogP contribution in [0.5, 0.6) is 0 Å². The number of rotatable bonds is 3. The van der Waals surface area contributed by atoms with E-state index in [-0.39, 0.29) is 0 Å². The van der Waals surface area contributed by atoms with Crippen molar-refractivity contribution in [1.29, 1.82) is 0 Å². The van der Waals surface area contributed by atoms with E-state index in [0.29, 0.717) is 11.8 Å². The van der Waals surface area contributed by atoms with Gasteiger partial charge in [-0.1, -0.05) is 60.7 Å². The zero-order valence-electron chi connectivity index (χ0n) is 17.2. The number of carbonyl (C=O) groups is 1. The molecule has 2 unspecified atom stereocenters. The van der Waals surface area contributed by atoms with E-state index in [0.717, 1.165) is 31.6 Å². The molecule has 0 fully saturated rings. The van der Waals surface area contributed by atoms with Gasteiger partial charge in [0.15, 0.2) is 0 Å². The van der Waals surface area contributed by atoms with E-state index >= 15 is 0 Å². The Hall–Kier alpha value is -3.27. The fourth-order valence-corrected chi connectivity index (χ4v) is 5.10. The molecule has 0 saturated heterocycles. The summed E-state index contributed by atoms with van der Waals surface area (Å²) < 4.78 is 4.87. The summed E-state index contributed by atoms with van der Waals surface area (Å²) in [7, 11) is 1.40. The molecule has 0 aliphatic carbocycles. The minimum Gasteiger partial charge on any atom is -0.453 e. The molecule has 30 heavy (non-hydrogen) atoms. The van der Waals surface area contributed by atoms with Crippen molar-refractivity contribution in [3.8, 4) is 0 Å². The van der Waals surface area contributed by atoms with Gasteiger partial charge in [0, 0.05) is 36.3 Å². The molecular weight excluding hydrogens is 372 g/mol. The fourth-order valence-electron chi connectivity index (χ4n) is 5.10. The van der Waals surface area contributed by atoms with Gasteiger partial charge in [-0.2, -0.15) is 0 Å². The number of hydrogen-bond acceptors (Lipinski definition) is 3. The number of hydrogen-bond donors (Lipinski definition) is 1. The summed E-state index contributed by atoms with van der Waals surface area (Å²) >= 11 is 0. The Kier molecular flexibility index (Phi) is 4.91. The number of nitrogens with one attached hydrogen (secondary N) is 1. The van der Waals surface area contributed by atoms with E-state index in [2.05, 4.69) is 83.0 Å². The minimum atomic E-state index is -0.432. The normalized spacial score (nSPS) is 19.7. The number of nitrogens with zero attached hydrogens (tertiary/aromatic N) is 1. The van der Waals surface area contributed by atoms with Crippen LogP contribution in [0.15, 0.2) is 72.8 Å². The predicted octanol–water partition coefficient (Wildman–Crippen LogP) is 5.74. The first-order chi connectivity index (χ1) is 14.7. The number of ether oxygens (including phenoxy) is 1. The Balaban J connectivity index is 1.68. The second-order valence-corrected chi connectivity index (χ2v) is 8.11. The summed E-state index contributed by atoms with van der Waals surface area (Å²) in [5.74, 6) is 0.648. The van der Waals surface area contributed by atoms with Crippen molar-refractivity contribution in [1.82, 2.24) is 0 Å². The van der Waals surface area contributed by atoms with Crippen molar-refractivity contribution >= 4 is 17.5 Å². The Morgan fingerprint density at radius 3 is 1.83 bits per heavy atom. The molecule has 2 atom stereocenters. The van der Waals surface area contributed by atoms with E-state index in [9.17, 15) is 4.79 Å². The van der Waals surface area contributed by atoms with Gasteiger partial charge in [0.05, 0.1) is 7.11 Å². The SMILES string of the molecule is COC(=O)Nc1cc2c3c(c1)C(c1ccccc1)CCN3CCC2c1ccccc1. The highest BCUT2D eigenvalue weighted by molar-refractivity contribution is 5.86.